The summed E-state index contributed by atoms with van der Waals surface area (Å²) in [6.07, 6.45) is -3.77. The van der Waals surface area contributed by atoms with Crippen LogP contribution >= 0.6 is 0 Å². The fourth-order valence-corrected chi connectivity index (χ4v) is 3.86. The van der Waals surface area contributed by atoms with E-state index in [9.17, 15) is 22.4 Å². The molecule has 0 radical (unpaired) electrons. The van der Waals surface area contributed by atoms with Crippen molar-refractivity contribution in [3.8, 4) is 17.2 Å². The number of benzene rings is 3. The summed E-state index contributed by atoms with van der Waals surface area (Å²) in [5.74, 6) is -0.634. The van der Waals surface area contributed by atoms with E-state index in [4.69, 9.17) is 0 Å². The van der Waals surface area contributed by atoms with Gasteiger partial charge in [0.1, 0.15) is 5.75 Å². The standard InChI is InChI=1S/C24H17F4N3O4/c25-22(26)33-17-9-6-15(7-10-17)21-18(14-4-2-1-3-5-14)13-31(30-21)23(32)29-16-8-11-19-20(12-16)35-24(27,28)34-19/h1-12,18,22H,13H2,(H,29,32). The first-order valence-electron chi connectivity index (χ1n) is 10.4. The summed E-state index contributed by atoms with van der Waals surface area (Å²) >= 11 is 0. The lowest BCUT2D eigenvalue weighted by Crippen LogP contribution is -2.30. The lowest BCUT2D eigenvalue weighted by atomic mass is 9.90. The second-order valence-corrected chi connectivity index (χ2v) is 7.69. The molecule has 1 unspecified atom stereocenters. The number of rotatable bonds is 5. The third kappa shape index (κ3) is 4.84. The van der Waals surface area contributed by atoms with Gasteiger partial charge in [0, 0.05) is 17.7 Å². The first-order chi connectivity index (χ1) is 16.8. The molecule has 7 nitrogen and oxygen atoms in total. The quantitative estimate of drug-likeness (QED) is 0.473. The Balaban J connectivity index is 1.38. The second kappa shape index (κ2) is 8.82. The summed E-state index contributed by atoms with van der Waals surface area (Å²) in [5.41, 5.74) is 2.30. The van der Waals surface area contributed by atoms with E-state index in [1.54, 1.807) is 12.1 Å². The number of ether oxygens (including phenoxy) is 3. The molecule has 11 heteroatoms. The van der Waals surface area contributed by atoms with E-state index in [-0.39, 0.29) is 35.4 Å². The number of fused-ring (bicyclic) bond motifs is 1. The molecule has 0 bridgehead atoms. The fourth-order valence-electron chi connectivity index (χ4n) is 3.86. The smallest absolute Gasteiger partial charge is 0.435 e. The monoisotopic (exact) mass is 487 g/mol. The van der Waals surface area contributed by atoms with Gasteiger partial charge in [-0.15, -0.1) is 8.78 Å². The van der Waals surface area contributed by atoms with Crippen molar-refractivity contribution >= 4 is 17.4 Å². The maximum Gasteiger partial charge on any atom is 0.586 e. The molecule has 1 atom stereocenters. The van der Waals surface area contributed by atoms with Crippen molar-refractivity contribution in [3.63, 3.8) is 0 Å². The predicted octanol–water partition coefficient (Wildman–Crippen LogP) is 5.65. The first-order valence-corrected chi connectivity index (χ1v) is 10.4. The molecule has 2 amide bonds. The van der Waals surface area contributed by atoms with Crippen LogP contribution in [0, 0.1) is 0 Å². The van der Waals surface area contributed by atoms with Crippen molar-refractivity contribution in [2.75, 3.05) is 11.9 Å². The number of hydrazone groups is 1. The molecule has 2 heterocycles. The highest BCUT2D eigenvalue weighted by molar-refractivity contribution is 6.08. The van der Waals surface area contributed by atoms with Crippen LogP contribution in [0.15, 0.2) is 77.9 Å². The molecule has 35 heavy (non-hydrogen) atoms. The number of urea groups is 1. The normalized spacial score (nSPS) is 17.9. The number of hydrogen-bond acceptors (Lipinski definition) is 5. The largest absolute Gasteiger partial charge is 0.586 e. The molecule has 2 aliphatic rings. The van der Waals surface area contributed by atoms with Crippen LogP contribution in [0.4, 0.5) is 28.0 Å². The number of carbonyl (C=O) groups is 1. The van der Waals surface area contributed by atoms with E-state index in [0.717, 1.165) is 5.56 Å². The molecular formula is C24H17F4N3O4. The van der Waals surface area contributed by atoms with Gasteiger partial charge in [-0.2, -0.15) is 13.9 Å². The predicted molar refractivity (Wildman–Crippen MR) is 117 cm³/mol. The zero-order chi connectivity index (χ0) is 24.6. The molecule has 3 aromatic carbocycles. The molecule has 180 valence electrons. The summed E-state index contributed by atoms with van der Waals surface area (Å²) in [5, 5.41) is 8.30. The molecule has 0 saturated heterocycles. The number of alkyl halides is 4. The molecule has 0 saturated carbocycles. The number of hydrogen-bond donors (Lipinski definition) is 1. The Kier molecular flexibility index (Phi) is 5.67. The molecule has 0 spiro atoms. The minimum atomic E-state index is -3.77. The molecule has 2 aliphatic heterocycles. The van der Waals surface area contributed by atoms with Gasteiger partial charge < -0.3 is 19.5 Å². The zero-order valence-corrected chi connectivity index (χ0v) is 17.8. The maximum atomic E-state index is 13.3. The number of halogens is 4. The van der Waals surface area contributed by atoms with Crippen LogP contribution in [0.2, 0.25) is 0 Å². The van der Waals surface area contributed by atoms with Crippen LogP contribution < -0.4 is 19.5 Å². The summed E-state index contributed by atoms with van der Waals surface area (Å²) < 4.78 is 64.7. The van der Waals surface area contributed by atoms with Gasteiger partial charge in [0.15, 0.2) is 11.5 Å². The maximum absolute atomic E-state index is 13.3. The topological polar surface area (TPSA) is 72.4 Å². The van der Waals surface area contributed by atoms with Gasteiger partial charge in [-0.25, -0.2) is 9.80 Å². The molecule has 0 aromatic heterocycles. The van der Waals surface area contributed by atoms with Crippen molar-refractivity contribution in [3.05, 3.63) is 83.9 Å². The Morgan fingerprint density at radius 1 is 1.03 bits per heavy atom. The minimum absolute atomic E-state index is 0.00147. The molecule has 0 fully saturated rings. The number of nitrogens with zero attached hydrogens (tertiary/aromatic N) is 2. The fraction of sp³-hybridized carbons (Fsp3) is 0.167. The number of carbonyl (C=O) groups excluding carboxylic acids is 1. The molecule has 0 aliphatic carbocycles. The van der Waals surface area contributed by atoms with E-state index in [1.165, 1.54) is 35.3 Å². The SMILES string of the molecule is O=C(Nc1ccc2c(c1)OC(F)(F)O2)N1CC(c2ccccc2)C(c2ccc(OC(F)F)cc2)=N1. The van der Waals surface area contributed by atoms with Crippen LogP contribution in [0.25, 0.3) is 0 Å². The number of nitrogens with one attached hydrogen (secondary N) is 1. The lowest BCUT2D eigenvalue weighted by molar-refractivity contribution is -0.286. The van der Waals surface area contributed by atoms with Crippen molar-refractivity contribution < 1.29 is 36.6 Å². The Labute approximate surface area is 196 Å². The lowest BCUT2D eigenvalue weighted by Gasteiger charge is -2.16. The van der Waals surface area contributed by atoms with Crippen molar-refractivity contribution in [1.82, 2.24) is 5.01 Å². The van der Waals surface area contributed by atoms with Crippen molar-refractivity contribution in [1.29, 1.82) is 0 Å². The van der Waals surface area contributed by atoms with Crippen LogP contribution in [0.5, 0.6) is 17.2 Å². The molecular weight excluding hydrogens is 470 g/mol. The Bertz CT molecular complexity index is 1270. The number of anilines is 1. The second-order valence-electron chi connectivity index (χ2n) is 7.69. The van der Waals surface area contributed by atoms with E-state index < -0.39 is 18.9 Å². The highest BCUT2D eigenvalue weighted by Gasteiger charge is 2.43. The van der Waals surface area contributed by atoms with E-state index in [1.807, 2.05) is 30.3 Å². The van der Waals surface area contributed by atoms with Gasteiger partial charge in [-0.3, -0.25) is 0 Å². The van der Waals surface area contributed by atoms with Gasteiger partial charge in [0.2, 0.25) is 0 Å². The van der Waals surface area contributed by atoms with Gasteiger partial charge >= 0.3 is 18.9 Å². The molecule has 5 rings (SSSR count). The van der Waals surface area contributed by atoms with Crippen LogP contribution in [-0.4, -0.2) is 36.2 Å². The zero-order valence-electron chi connectivity index (χ0n) is 17.8. The van der Waals surface area contributed by atoms with E-state index in [2.05, 4.69) is 24.6 Å². The Hall–Kier alpha value is -4.28. The van der Waals surface area contributed by atoms with Gasteiger partial charge in [0.25, 0.3) is 0 Å². The summed E-state index contributed by atoms with van der Waals surface area (Å²) in [4.78, 5) is 13.0. The Morgan fingerprint density at radius 3 is 2.46 bits per heavy atom. The minimum Gasteiger partial charge on any atom is -0.435 e. The van der Waals surface area contributed by atoms with Gasteiger partial charge in [-0.1, -0.05) is 30.3 Å². The van der Waals surface area contributed by atoms with E-state index >= 15 is 0 Å². The van der Waals surface area contributed by atoms with Crippen LogP contribution in [0.3, 0.4) is 0 Å². The average molecular weight is 487 g/mol. The third-order valence-electron chi connectivity index (χ3n) is 5.38. The summed E-state index contributed by atoms with van der Waals surface area (Å²) in [7, 11) is 0. The first kappa shape index (κ1) is 22.5. The third-order valence-corrected chi connectivity index (χ3v) is 5.38. The van der Waals surface area contributed by atoms with Crippen molar-refractivity contribution in [2.45, 2.75) is 18.8 Å². The molecule has 3 aromatic rings. The van der Waals surface area contributed by atoms with Crippen LogP contribution in [0.1, 0.15) is 17.0 Å². The Morgan fingerprint density at radius 2 is 1.74 bits per heavy atom. The van der Waals surface area contributed by atoms with Gasteiger partial charge in [-0.05, 0) is 47.5 Å². The highest BCUT2D eigenvalue weighted by Crippen LogP contribution is 2.42. The summed E-state index contributed by atoms with van der Waals surface area (Å²) in [6, 6.07) is 18.6. The van der Waals surface area contributed by atoms with Gasteiger partial charge in [0.05, 0.1) is 12.3 Å². The molecule has 1 N–H and O–H groups in total. The average Bonchev–Trinajstić information content (AvgIpc) is 3.39. The number of amides is 2. The van der Waals surface area contributed by atoms with Crippen molar-refractivity contribution in [2.24, 2.45) is 5.10 Å². The van der Waals surface area contributed by atoms with E-state index in [0.29, 0.717) is 11.3 Å². The summed E-state index contributed by atoms with van der Waals surface area (Å²) in [6.45, 7) is -2.74. The highest BCUT2D eigenvalue weighted by atomic mass is 19.3. The van der Waals surface area contributed by atoms with Crippen LogP contribution in [-0.2, 0) is 0 Å².